The summed E-state index contributed by atoms with van der Waals surface area (Å²) in [4.78, 5) is 13.7. The van der Waals surface area contributed by atoms with E-state index < -0.39 is 0 Å². The summed E-state index contributed by atoms with van der Waals surface area (Å²) in [7, 11) is 0. The molecule has 4 nitrogen and oxygen atoms in total. The third-order valence-electron chi connectivity index (χ3n) is 3.44. The highest BCUT2D eigenvalue weighted by Crippen LogP contribution is 2.37. The normalized spacial score (nSPS) is 14.8. The second-order valence-electron chi connectivity index (χ2n) is 4.36. The molecule has 96 valence electrons. The van der Waals surface area contributed by atoms with E-state index in [9.17, 15) is 0 Å². The van der Waals surface area contributed by atoms with E-state index in [1.165, 1.54) is 15.8 Å². The Hall–Kier alpha value is -1.20. The van der Waals surface area contributed by atoms with Gasteiger partial charge in [-0.25, -0.2) is 9.97 Å². The summed E-state index contributed by atoms with van der Waals surface area (Å²) in [5, 5.41) is 1.25. The van der Waals surface area contributed by atoms with Crippen LogP contribution in [0.15, 0.2) is 6.33 Å². The molecule has 0 unspecified atom stereocenters. The van der Waals surface area contributed by atoms with Crippen LogP contribution in [0.25, 0.3) is 10.2 Å². The average Bonchev–Trinajstić information content (AvgIpc) is 2.79. The summed E-state index contributed by atoms with van der Waals surface area (Å²) < 4.78 is 5.53. The molecule has 0 bridgehead atoms. The first kappa shape index (κ1) is 11.9. The topological polar surface area (TPSA) is 38.2 Å². The molecule has 3 rings (SSSR count). The number of anilines is 1. The Morgan fingerprint density at radius 3 is 2.94 bits per heavy atom. The van der Waals surface area contributed by atoms with E-state index in [0.717, 1.165) is 43.4 Å². The molecule has 0 fully saturated rings. The average molecular weight is 263 g/mol. The van der Waals surface area contributed by atoms with Crippen molar-refractivity contribution in [2.45, 2.75) is 26.9 Å². The van der Waals surface area contributed by atoms with E-state index in [0.29, 0.717) is 0 Å². The predicted molar refractivity (Wildman–Crippen MR) is 74.3 cm³/mol. The van der Waals surface area contributed by atoms with E-state index in [-0.39, 0.29) is 0 Å². The highest BCUT2D eigenvalue weighted by molar-refractivity contribution is 7.18. The van der Waals surface area contributed by atoms with E-state index >= 15 is 0 Å². The monoisotopic (exact) mass is 263 g/mol. The Labute approximate surface area is 111 Å². The lowest BCUT2D eigenvalue weighted by Crippen LogP contribution is -2.23. The fourth-order valence-corrected chi connectivity index (χ4v) is 3.62. The Morgan fingerprint density at radius 2 is 2.17 bits per heavy atom. The van der Waals surface area contributed by atoms with Gasteiger partial charge in [-0.1, -0.05) is 0 Å². The quantitative estimate of drug-likeness (QED) is 0.853. The second-order valence-corrected chi connectivity index (χ2v) is 5.44. The molecule has 1 aliphatic rings. The maximum absolute atomic E-state index is 5.53. The first-order valence-electron chi connectivity index (χ1n) is 6.43. The van der Waals surface area contributed by atoms with Crippen molar-refractivity contribution in [2.75, 3.05) is 24.6 Å². The van der Waals surface area contributed by atoms with Gasteiger partial charge in [0.15, 0.2) is 0 Å². The van der Waals surface area contributed by atoms with Gasteiger partial charge in [-0.3, -0.25) is 0 Å². The lowest BCUT2D eigenvalue weighted by atomic mass is 10.1. The minimum atomic E-state index is 0.730. The lowest BCUT2D eigenvalue weighted by Gasteiger charge is -2.21. The molecular formula is C13H17N3OS. The van der Waals surface area contributed by atoms with E-state index in [1.807, 2.05) is 0 Å². The maximum atomic E-state index is 5.53. The van der Waals surface area contributed by atoms with Crippen LogP contribution in [0.4, 0.5) is 5.82 Å². The Balaban J connectivity index is 2.22. The van der Waals surface area contributed by atoms with E-state index in [1.54, 1.807) is 17.7 Å². The van der Waals surface area contributed by atoms with Gasteiger partial charge >= 0.3 is 0 Å². The van der Waals surface area contributed by atoms with Crippen molar-refractivity contribution in [1.29, 1.82) is 0 Å². The highest BCUT2D eigenvalue weighted by atomic mass is 32.1. The summed E-state index contributed by atoms with van der Waals surface area (Å²) in [6, 6.07) is 0. The number of thiophene rings is 1. The summed E-state index contributed by atoms with van der Waals surface area (Å²) in [5.41, 5.74) is 1.41. The van der Waals surface area contributed by atoms with E-state index in [2.05, 4.69) is 28.7 Å². The summed E-state index contributed by atoms with van der Waals surface area (Å²) in [6.45, 7) is 7.83. The zero-order valence-electron chi connectivity index (χ0n) is 10.8. The van der Waals surface area contributed by atoms with Crippen LogP contribution in [0.3, 0.4) is 0 Å². The van der Waals surface area contributed by atoms with Crippen LogP contribution in [-0.2, 0) is 17.8 Å². The van der Waals surface area contributed by atoms with Crippen molar-refractivity contribution in [3.05, 3.63) is 16.8 Å². The van der Waals surface area contributed by atoms with Crippen molar-refractivity contribution in [3.8, 4) is 0 Å². The SMILES string of the molecule is CCN(CC)c1ncnc2sc3c(c12)CCOC3. The summed E-state index contributed by atoms with van der Waals surface area (Å²) in [6.07, 6.45) is 2.66. The number of hydrogen-bond donors (Lipinski definition) is 0. The molecule has 0 aliphatic carbocycles. The molecule has 0 spiro atoms. The molecule has 2 aromatic rings. The van der Waals surface area contributed by atoms with Crippen LogP contribution in [0.5, 0.6) is 0 Å². The Morgan fingerprint density at radius 1 is 1.33 bits per heavy atom. The van der Waals surface area contributed by atoms with Crippen molar-refractivity contribution in [3.63, 3.8) is 0 Å². The number of aromatic nitrogens is 2. The van der Waals surface area contributed by atoms with Gasteiger partial charge in [-0.2, -0.15) is 0 Å². The fraction of sp³-hybridized carbons (Fsp3) is 0.538. The molecule has 0 saturated carbocycles. The van der Waals surface area contributed by atoms with Crippen LogP contribution in [0.2, 0.25) is 0 Å². The molecule has 18 heavy (non-hydrogen) atoms. The van der Waals surface area contributed by atoms with Crippen LogP contribution in [-0.4, -0.2) is 29.7 Å². The van der Waals surface area contributed by atoms with Gasteiger partial charge in [0.2, 0.25) is 0 Å². The molecular weight excluding hydrogens is 246 g/mol. The van der Waals surface area contributed by atoms with Gasteiger partial charge < -0.3 is 9.64 Å². The molecule has 5 heteroatoms. The first-order chi connectivity index (χ1) is 8.85. The molecule has 0 amide bonds. The van der Waals surface area contributed by atoms with Crippen LogP contribution < -0.4 is 4.90 Å². The predicted octanol–water partition coefficient (Wildman–Crippen LogP) is 2.61. The summed E-state index contributed by atoms with van der Waals surface area (Å²) in [5.74, 6) is 1.09. The zero-order valence-corrected chi connectivity index (χ0v) is 11.6. The molecule has 2 aromatic heterocycles. The van der Waals surface area contributed by atoms with Gasteiger partial charge in [0, 0.05) is 18.0 Å². The van der Waals surface area contributed by atoms with Gasteiger partial charge in [-0.05, 0) is 25.8 Å². The van der Waals surface area contributed by atoms with Crippen molar-refractivity contribution < 1.29 is 4.74 Å². The molecule has 0 radical (unpaired) electrons. The van der Waals surface area contributed by atoms with Gasteiger partial charge in [-0.15, -0.1) is 11.3 Å². The van der Waals surface area contributed by atoms with Crippen molar-refractivity contribution in [2.24, 2.45) is 0 Å². The third-order valence-corrected chi connectivity index (χ3v) is 4.56. The number of hydrogen-bond acceptors (Lipinski definition) is 5. The minimum absolute atomic E-state index is 0.730. The second kappa shape index (κ2) is 4.82. The van der Waals surface area contributed by atoms with Crippen LogP contribution in [0, 0.1) is 0 Å². The van der Waals surface area contributed by atoms with Crippen molar-refractivity contribution in [1.82, 2.24) is 9.97 Å². The third kappa shape index (κ3) is 1.78. The van der Waals surface area contributed by atoms with Gasteiger partial charge in [0.1, 0.15) is 17.0 Å². The number of ether oxygens (including phenoxy) is 1. The molecule has 0 atom stereocenters. The van der Waals surface area contributed by atoms with Gasteiger partial charge in [0.25, 0.3) is 0 Å². The fourth-order valence-electron chi connectivity index (χ4n) is 2.50. The molecule has 0 N–H and O–H groups in total. The molecule has 1 aliphatic heterocycles. The number of rotatable bonds is 3. The first-order valence-corrected chi connectivity index (χ1v) is 7.24. The number of fused-ring (bicyclic) bond motifs is 3. The Kier molecular flexibility index (Phi) is 3.18. The van der Waals surface area contributed by atoms with E-state index in [4.69, 9.17) is 4.74 Å². The lowest BCUT2D eigenvalue weighted by molar-refractivity contribution is 0.114. The molecule has 0 aromatic carbocycles. The molecule has 3 heterocycles. The standard InChI is InChI=1S/C13H17N3OS/c1-3-16(4-2)12-11-9-5-6-17-7-10(9)18-13(11)15-8-14-12/h8H,3-7H2,1-2H3. The zero-order chi connectivity index (χ0) is 12.5. The van der Waals surface area contributed by atoms with Crippen LogP contribution in [0.1, 0.15) is 24.3 Å². The smallest absolute Gasteiger partial charge is 0.141 e. The maximum Gasteiger partial charge on any atom is 0.141 e. The largest absolute Gasteiger partial charge is 0.376 e. The van der Waals surface area contributed by atoms with Crippen LogP contribution >= 0.6 is 11.3 Å². The van der Waals surface area contributed by atoms with Gasteiger partial charge in [0.05, 0.1) is 18.6 Å². The summed E-state index contributed by atoms with van der Waals surface area (Å²) >= 11 is 1.75. The highest BCUT2D eigenvalue weighted by Gasteiger charge is 2.21. The molecule has 0 saturated heterocycles. The van der Waals surface area contributed by atoms with Crippen molar-refractivity contribution >= 4 is 27.4 Å². The number of nitrogens with zero attached hydrogens (tertiary/aromatic N) is 3. The minimum Gasteiger partial charge on any atom is -0.376 e. The Bertz CT molecular complexity index is 563.